The highest BCUT2D eigenvalue weighted by Crippen LogP contribution is 2.34. The molecule has 3 heteroatoms. The molecule has 0 bridgehead atoms. The second-order valence-corrected chi connectivity index (χ2v) is 7.34. The van der Waals surface area contributed by atoms with Crippen LogP contribution in [0.5, 0.6) is 0 Å². The molecule has 0 N–H and O–H groups in total. The molecule has 84 valence electrons. The van der Waals surface area contributed by atoms with E-state index >= 15 is 0 Å². The van der Waals surface area contributed by atoms with Gasteiger partial charge in [0.1, 0.15) is 0 Å². The summed E-state index contributed by atoms with van der Waals surface area (Å²) in [5, 5.41) is 2.18. The molecule has 2 rings (SSSR count). The lowest BCUT2D eigenvalue weighted by molar-refractivity contribution is 0.478. The number of thiophene rings is 1. The molecule has 1 heterocycles. The molecule has 1 saturated carbocycles. The minimum Gasteiger partial charge on any atom is -0.148 e. The molecular formula is C12H16Br2S. The summed E-state index contributed by atoms with van der Waals surface area (Å²) in [5.74, 6) is 0.836. The smallest absolute Gasteiger partial charge is 0.0314 e. The van der Waals surface area contributed by atoms with Crippen molar-refractivity contribution in [3.8, 4) is 0 Å². The molecular weight excluding hydrogens is 336 g/mol. The predicted molar refractivity (Wildman–Crippen MR) is 75.0 cm³/mol. The van der Waals surface area contributed by atoms with Crippen molar-refractivity contribution in [3.63, 3.8) is 0 Å². The molecule has 2 unspecified atom stereocenters. The number of halogens is 2. The summed E-state index contributed by atoms with van der Waals surface area (Å²) in [6.45, 7) is 0. The van der Waals surface area contributed by atoms with E-state index in [-0.39, 0.29) is 0 Å². The fourth-order valence-corrected chi connectivity index (χ4v) is 4.66. The summed E-state index contributed by atoms with van der Waals surface area (Å²) in [5.41, 5.74) is 0. The lowest BCUT2D eigenvalue weighted by atomic mass is 9.96. The standard InChI is InChI=1S/C12H16Br2S/c13-10-5-3-1-2-4-9(10)8-12-11(14)6-7-15-12/h6-7,9-10H,1-5,8H2. The van der Waals surface area contributed by atoms with Crippen LogP contribution in [0.2, 0.25) is 0 Å². The fraction of sp³-hybridized carbons (Fsp3) is 0.667. The van der Waals surface area contributed by atoms with Gasteiger partial charge in [-0.05, 0) is 52.6 Å². The summed E-state index contributed by atoms with van der Waals surface area (Å²) in [7, 11) is 0. The summed E-state index contributed by atoms with van der Waals surface area (Å²) in [6, 6.07) is 2.17. The summed E-state index contributed by atoms with van der Waals surface area (Å²) in [6.07, 6.45) is 8.22. The van der Waals surface area contributed by atoms with Crippen LogP contribution in [0, 0.1) is 5.92 Å². The van der Waals surface area contributed by atoms with Crippen LogP contribution in [0.1, 0.15) is 37.0 Å². The third-order valence-electron chi connectivity index (χ3n) is 3.20. The summed E-state index contributed by atoms with van der Waals surface area (Å²) >= 11 is 9.38. The Balaban J connectivity index is 2.00. The van der Waals surface area contributed by atoms with Gasteiger partial charge in [0.15, 0.2) is 0 Å². The molecule has 0 saturated heterocycles. The van der Waals surface area contributed by atoms with E-state index in [9.17, 15) is 0 Å². The third kappa shape index (κ3) is 3.31. The maximum Gasteiger partial charge on any atom is 0.0314 e. The number of hydrogen-bond acceptors (Lipinski definition) is 1. The average molecular weight is 352 g/mol. The van der Waals surface area contributed by atoms with Gasteiger partial charge in [-0.25, -0.2) is 0 Å². The number of alkyl halides is 1. The Labute approximate surface area is 113 Å². The van der Waals surface area contributed by atoms with Gasteiger partial charge in [-0.2, -0.15) is 0 Å². The fourth-order valence-electron chi connectivity index (χ4n) is 2.28. The molecule has 2 atom stereocenters. The highest BCUT2D eigenvalue weighted by atomic mass is 79.9. The van der Waals surface area contributed by atoms with Gasteiger partial charge in [-0.1, -0.05) is 35.2 Å². The normalized spacial score (nSPS) is 27.6. The van der Waals surface area contributed by atoms with Crippen LogP contribution < -0.4 is 0 Å². The van der Waals surface area contributed by atoms with Crippen molar-refractivity contribution in [2.24, 2.45) is 5.92 Å². The first-order valence-electron chi connectivity index (χ1n) is 5.63. The van der Waals surface area contributed by atoms with Crippen LogP contribution in [0.4, 0.5) is 0 Å². The summed E-state index contributed by atoms with van der Waals surface area (Å²) < 4.78 is 1.30. The Bertz CT molecular complexity index is 308. The van der Waals surface area contributed by atoms with E-state index in [2.05, 4.69) is 43.3 Å². The Morgan fingerprint density at radius 1 is 1.27 bits per heavy atom. The van der Waals surface area contributed by atoms with E-state index < -0.39 is 0 Å². The predicted octanol–water partition coefficient (Wildman–Crippen LogP) is 5.40. The van der Waals surface area contributed by atoms with Gasteiger partial charge in [-0.3, -0.25) is 0 Å². The second kappa shape index (κ2) is 5.83. The van der Waals surface area contributed by atoms with Gasteiger partial charge in [0, 0.05) is 14.2 Å². The Morgan fingerprint density at radius 3 is 2.80 bits per heavy atom. The van der Waals surface area contributed by atoms with Crippen LogP contribution in [-0.2, 0) is 6.42 Å². The van der Waals surface area contributed by atoms with Gasteiger partial charge >= 0.3 is 0 Å². The first-order valence-corrected chi connectivity index (χ1v) is 8.22. The van der Waals surface area contributed by atoms with E-state index in [0.717, 1.165) is 10.7 Å². The molecule has 15 heavy (non-hydrogen) atoms. The van der Waals surface area contributed by atoms with Crippen LogP contribution in [0.15, 0.2) is 15.9 Å². The van der Waals surface area contributed by atoms with Gasteiger partial charge in [0.2, 0.25) is 0 Å². The van der Waals surface area contributed by atoms with Gasteiger partial charge in [0.05, 0.1) is 0 Å². The van der Waals surface area contributed by atoms with Crippen molar-refractivity contribution in [2.75, 3.05) is 0 Å². The van der Waals surface area contributed by atoms with E-state index in [4.69, 9.17) is 0 Å². The lowest BCUT2D eigenvalue weighted by Gasteiger charge is -2.19. The maximum atomic E-state index is 3.86. The Hall–Kier alpha value is 0.660. The molecule has 1 aliphatic carbocycles. The van der Waals surface area contributed by atoms with Crippen molar-refractivity contribution < 1.29 is 0 Å². The van der Waals surface area contributed by atoms with Crippen LogP contribution in [-0.4, -0.2) is 4.83 Å². The van der Waals surface area contributed by atoms with E-state index in [1.165, 1.54) is 47.9 Å². The van der Waals surface area contributed by atoms with Crippen molar-refractivity contribution >= 4 is 43.2 Å². The number of rotatable bonds is 2. The quantitative estimate of drug-likeness (QED) is 0.494. The Morgan fingerprint density at radius 2 is 2.07 bits per heavy atom. The van der Waals surface area contributed by atoms with E-state index in [1.807, 2.05) is 11.3 Å². The minimum absolute atomic E-state index is 0.731. The van der Waals surface area contributed by atoms with E-state index in [0.29, 0.717) is 0 Å². The molecule has 0 aliphatic heterocycles. The molecule has 0 aromatic carbocycles. The second-order valence-electron chi connectivity index (χ2n) is 4.31. The van der Waals surface area contributed by atoms with Crippen molar-refractivity contribution in [3.05, 3.63) is 20.8 Å². The molecule has 1 aliphatic rings. The van der Waals surface area contributed by atoms with Gasteiger partial charge < -0.3 is 0 Å². The van der Waals surface area contributed by atoms with Crippen molar-refractivity contribution in [2.45, 2.75) is 43.4 Å². The molecule has 1 aromatic heterocycles. The highest BCUT2D eigenvalue weighted by Gasteiger charge is 2.22. The largest absolute Gasteiger partial charge is 0.148 e. The van der Waals surface area contributed by atoms with Gasteiger partial charge in [-0.15, -0.1) is 11.3 Å². The zero-order valence-electron chi connectivity index (χ0n) is 8.72. The topological polar surface area (TPSA) is 0 Å². The molecule has 1 aromatic rings. The average Bonchev–Trinajstić information content (AvgIpc) is 2.50. The highest BCUT2D eigenvalue weighted by molar-refractivity contribution is 9.10. The molecule has 1 fully saturated rings. The molecule has 0 nitrogen and oxygen atoms in total. The monoisotopic (exact) mass is 350 g/mol. The first kappa shape index (κ1) is 12.1. The molecule has 0 amide bonds. The Kier molecular flexibility index (Phi) is 4.71. The zero-order chi connectivity index (χ0) is 10.7. The first-order chi connectivity index (χ1) is 7.27. The van der Waals surface area contributed by atoms with E-state index in [1.54, 1.807) is 0 Å². The van der Waals surface area contributed by atoms with Crippen LogP contribution in [0.3, 0.4) is 0 Å². The van der Waals surface area contributed by atoms with Gasteiger partial charge in [0.25, 0.3) is 0 Å². The molecule has 0 radical (unpaired) electrons. The SMILES string of the molecule is Brc1ccsc1CC1CCCCCC1Br. The summed E-state index contributed by atoms with van der Waals surface area (Å²) in [4.78, 5) is 2.25. The van der Waals surface area contributed by atoms with Crippen molar-refractivity contribution in [1.29, 1.82) is 0 Å². The number of hydrogen-bond donors (Lipinski definition) is 0. The van der Waals surface area contributed by atoms with Crippen LogP contribution >= 0.6 is 43.2 Å². The molecule has 0 spiro atoms. The zero-order valence-corrected chi connectivity index (χ0v) is 12.7. The lowest BCUT2D eigenvalue weighted by Crippen LogP contribution is -2.15. The van der Waals surface area contributed by atoms with Crippen molar-refractivity contribution in [1.82, 2.24) is 0 Å². The van der Waals surface area contributed by atoms with Crippen LogP contribution in [0.25, 0.3) is 0 Å². The minimum atomic E-state index is 0.731. The third-order valence-corrected chi connectivity index (χ3v) is 6.36. The maximum absolute atomic E-state index is 3.86.